The van der Waals surface area contributed by atoms with Gasteiger partial charge in [-0.2, -0.15) is 11.8 Å². The second-order valence-electron chi connectivity index (χ2n) is 6.52. The van der Waals surface area contributed by atoms with E-state index in [0.717, 1.165) is 6.54 Å². The van der Waals surface area contributed by atoms with E-state index in [1.165, 1.54) is 0 Å². The molecule has 0 fully saturated rings. The van der Waals surface area contributed by atoms with E-state index in [0.29, 0.717) is 19.0 Å². The predicted octanol–water partition coefficient (Wildman–Crippen LogP) is 2.51. The van der Waals surface area contributed by atoms with Gasteiger partial charge in [0.1, 0.15) is 0 Å². The SMILES string of the molecule is CCNC(=NCC(C)(C)SC)NCCS(=O)(=O)C(C)(C)C.I. The van der Waals surface area contributed by atoms with Crippen LogP contribution >= 0.6 is 35.7 Å². The van der Waals surface area contributed by atoms with Crippen molar-refractivity contribution in [1.82, 2.24) is 10.6 Å². The standard InChI is InChI=1S/C14H31N3O2S2.HI/c1-8-15-12(17-11-14(5,6)20-7)16-9-10-21(18,19)13(2,3)4;/h8-11H2,1-7H3,(H2,15,16,17);1H. The summed E-state index contributed by atoms with van der Waals surface area (Å²) in [5, 5.41) is 6.24. The van der Waals surface area contributed by atoms with Crippen LogP contribution in [0.2, 0.25) is 0 Å². The Labute approximate surface area is 157 Å². The maximum Gasteiger partial charge on any atom is 0.191 e. The first kappa shape index (κ1) is 24.6. The topological polar surface area (TPSA) is 70.6 Å². The molecule has 0 saturated carbocycles. The summed E-state index contributed by atoms with van der Waals surface area (Å²) in [5.41, 5.74) is 0. The number of rotatable bonds is 7. The van der Waals surface area contributed by atoms with Crippen molar-refractivity contribution < 1.29 is 8.42 Å². The zero-order valence-electron chi connectivity index (χ0n) is 14.8. The molecule has 0 aromatic carbocycles. The van der Waals surface area contributed by atoms with Crippen molar-refractivity contribution in [2.24, 2.45) is 4.99 Å². The number of sulfone groups is 1. The van der Waals surface area contributed by atoms with Crippen LogP contribution in [0, 0.1) is 0 Å². The van der Waals surface area contributed by atoms with Crippen LogP contribution in [0.3, 0.4) is 0 Å². The van der Waals surface area contributed by atoms with Gasteiger partial charge in [0, 0.05) is 17.8 Å². The summed E-state index contributed by atoms with van der Waals surface area (Å²) in [7, 11) is -3.11. The van der Waals surface area contributed by atoms with E-state index in [2.05, 4.69) is 35.7 Å². The van der Waals surface area contributed by atoms with Crippen molar-refractivity contribution in [3.05, 3.63) is 0 Å². The van der Waals surface area contributed by atoms with Crippen molar-refractivity contribution in [3.63, 3.8) is 0 Å². The molecule has 0 heterocycles. The van der Waals surface area contributed by atoms with Crippen molar-refractivity contribution in [3.8, 4) is 0 Å². The van der Waals surface area contributed by atoms with E-state index in [9.17, 15) is 8.42 Å². The highest BCUT2D eigenvalue weighted by atomic mass is 127. The monoisotopic (exact) mass is 465 g/mol. The number of nitrogens with zero attached hydrogens (tertiary/aromatic N) is 1. The molecule has 0 unspecified atom stereocenters. The maximum absolute atomic E-state index is 12.1. The van der Waals surface area contributed by atoms with Crippen molar-refractivity contribution in [2.75, 3.05) is 31.6 Å². The average Bonchev–Trinajstić information content (AvgIpc) is 2.34. The van der Waals surface area contributed by atoms with Gasteiger partial charge in [-0.1, -0.05) is 0 Å². The summed E-state index contributed by atoms with van der Waals surface area (Å²) < 4.78 is 23.5. The van der Waals surface area contributed by atoms with E-state index < -0.39 is 14.6 Å². The summed E-state index contributed by atoms with van der Waals surface area (Å²) in [4.78, 5) is 4.52. The molecule has 22 heavy (non-hydrogen) atoms. The fourth-order valence-electron chi connectivity index (χ4n) is 1.29. The van der Waals surface area contributed by atoms with Gasteiger partial charge in [0.25, 0.3) is 0 Å². The lowest BCUT2D eigenvalue weighted by Gasteiger charge is -2.21. The molecule has 0 saturated heterocycles. The summed E-state index contributed by atoms with van der Waals surface area (Å²) in [6, 6.07) is 0. The van der Waals surface area contributed by atoms with Gasteiger partial charge in [-0.15, -0.1) is 24.0 Å². The molecule has 0 radical (unpaired) electrons. The highest BCUT2D eigenvalue weighted by Crippen LogP contribution is 2.21. The van der Waals surface area contributed by atoms with Crippen LogP contribution in [0.5, 0.6) is 0 Å². The molecule has 0 amide bonds. The Bertz CT molecular complexity index is 443. The number of nitrogens with one attached hydrogen (secondary N) is 2. The molecular weight excluding hydrogens is 433 g/mol. The van der Waals surface area contributed by atoms with Crippen molar-refractivity contribution in [1.29, 1.82) is 0 Å². The fraction of sp³-hybridized carbons (Fsp3) is 0.929. The number of thioether (sulfide) groups is 1. The number of halogens is 1. The van der Waals surface area contributed by atoms with Crippen LogP contribution in [0.15, 0.2) is 4.99 Å². The molecule has 0 aliphatic rings. The summed E-state index contributed by atoms with van der Waals surface area (Å²) in [5.74, 6) is 0.774. The Morgan fingerprint density at radius 1 is 1.14 bits per heavy atom. The van der Waals surface area contributed by atoms with Crippen molar-refractivity contribution in [2.45, 2.75) is 51.0 Å². The van der Waals surface area contributed by atoms with Gasteiger partial charge >= 0.3 is 0 Å². The van der Waals surface area contributed by atoms with Gasteiger partial charge < -0.3 is 10.6 Å². The van der Waals surface area contributed by atoms with E-state index in [1.807, 2.05) is 6.92 Å². The lowest BCUT2D eigenvalue weighted by Crippen LogP contribution is -2.42. The Hall–Kier alpha value is 0.300. The summed E-state index contributed by atoms with van der Waals surface area (Å²) >= 11 is 1.76. The Morgan fingerprint density at radius 2 is 1.68 bits per heavy atom. The molecule has 5 nitrogen and oxygen atoms in total. The number of hydrogen-bond acceptors (Lipinski definition) is 4. The van der Waals surface area contributed by atoms with Crippen LogP contribution in [0.4, 0.5) is 0 Å². The van der Waals surface area contributed by atoms with Crippen LogP contribution in [-0.2, 0) is 9.84 Å². The minimum absolute atomic E-state index is 0. The normalized spacial score (nSPS) is 13.5. The Balaban J connectivity index is 0. The first-order valence-electron chi connectivity index (χ1n) is 7.25. The van der Waals surface area contributed by atoms with Crippen LogP contribution < -0.4 is 10.6 Å². The zero-order valence-corrected chi connectivity index (χ0v) is 18.8. The molecule has 0 spiro atoms. The molecule has 0 aliphatic carbocycles. The van der Waals surface area contributed by atoms with Crippen LogP contribution in [-0.4, -0.2) is 55.5 Å². The molecule has 0 aromatic rings. The summed E-state index contributed by atoms with van der Waals surface area (Å²) in [6.45, 7) is 13.2. The quantitative estimate of drug-likeness (QED) is 0.344. The smallest absolute Gasteiger partial charge is 0.191 e. The van der Waals surface area contributed by atoms with E-state index in [-0.39, 0.29) is 34.5 Å². The number of aliphatic imine (C=N–C) groups is 1. The lowest BCUT2D eigenvalue weighted by molar-refractivity contribution is 0.559. The maximum atomic E-state index is 12.1. The molecular formula is C14H32IN3O2S2. The second kappa shape index (κ2) is 10.2. The van der Waals surface area contributed by atoms with E-state index >= 15 is 0 Å². The minimum atomic E-state index is -3.11. The van der Waals surface area contributed by atoms with E-state index in [1.54, 1.807) is 32.5 Å². The first-order chi connectivity index (χ1) is 9.45. The predicted molar refractivity (Wildman–Crippen MR) is 111 cm³/mol. The zero-order chi connectivity index (χ0) is 16.7. The Morgan fingerprint density at radius 3 is 2.09 bits per heavy atom. The first-order valence-corrected chi connectivity index (χ1v) is 10.1. The highest BCUT2D eigenvalue weighted by Gasteiger charge is 2.28. The van der Waals surface area contributed by atoms with E-state index in [4.69, 9.17) is 0 Å². The third-order valence-corrected chi connectivity index (χ3v) is 6.95. The molecule has 0 aliphatic heterocycles. The largest absolute Gasteiger partial charge is 0.357 e. The molecule has 0 atom stereocenters. The average molecular weight is 465 g/mol. The Kier molecular flexibility index (Phi) is 11.4. The third kappa shape index (κ3) is 9.44. The molecule has 134 valence electrons. The lowest BCUT2D eigenvalue weighted by atomic mass is 10.2. The van der Waals surface area contributed by atoms with Gasteiger partial charge in [-0.05, 0) is 47.8 Å². The molecule has 2 N–H and O–H groups in total. The molecule has 0 aromatic heterocycles. The van der Waals surface area contributed by atoms with Crippen LogP contribution in [0.1, 0.15) is 41.5 Å². The third-order valence-electron chi connectivity index (χ3n) is 3.11. The van der Waals surface area contributed by atoms with Crippen molar-refractivity contribution >= 4 is 51.5 Å². The number of guanidine groups is 1. The molecule has 0 bridgehead atoms. The number of hydrogen-bond donors (Lipinski definition) is 2. The van der Waals surface area contributed by atoms with Gasteiger partial charge in [-0.25, -0.2) is 8.42 Å². The summed E-state index contributed by atoms with van der Waals surface area (Å²) in [6.07, 6.45) is 2.06. The highest BCUT2D eigenvalue weighted by molar-refractivity contribution is 14.0. The van der Waals surface area contributed by atoms with Gasteiger partial charge in [-0.3, -0.25) is 4.99 Å². The van der Waals surface area contributed by atoms with Gasteiger partial charge in [0.05, 0.1) is 17.0 Å². The minimum Gasteiger partial charge on any atom is -0.357 e. The molecule has 0 rings (SSSR count). The fourth-order valence-corrected chi connectivity index (χ4v) is 2.46. The van der Waals surface area contributed by atoms with Crippen LogP contribution in [0.25, 0.3) is 0 Å². The second-order valence-corrected chi connectivity index (χ2v) is 10.9. The van der Waals surface area contributed by atoms with Gasteiger partial charge in [0.15, 0.2) is 15.8 Å². The van der Waals surface area contributed by atoms with Gasteiger partial charge in [0.2, 0.25) is 0 Å². The molecule has 8 heteroatoms.